The van der Waals surface area contributed by atoms with Gasteiger partial charge in [-0.1, -0.05) is 6.07 Å². The van der Waals surface area contributed by atoms with E-state index in [4.69, 9.17) is 10.00 Å². The Morgan fingerprint density at radius 2 is 1.76 bits per heavy atom. The molecule has 8 nitrogen and oxygen atoms in total. The molecular weight excluding hydrogens is 370 g/mol. The number of nitriles is 1. The lowest BCUT2D eigenvalue weighted by Gasteiger charge is -2.08. The smallest absolute Gasteiger partial charge is 0.338 e. The minimum Gasteiger partial charge on any atom is -0.462 e. The first-order chi connectivity index (χ1) is 14.1. The second-order valence-electron chi connectivity index (χ2n) is 5.86. The Bertz CT molecular complexity index is 1060. The summed E-state index contributed by atoms with van der Waals surface area (Å²) in [5.74, 6) is -0.496. The highest BCUT2D eigenvalue weighted by molar-refractivity contribution is 6.04. The van der Waals surface area contributed by atoms with Gasteiger partial charge in [0, 0.05) is 23.8 Å². The molecule has 0 saturated carbocycles. The maximum Gasteiger partial charge on any atom is 0.338 e. The first-order valence-corrected chi connectivity index (χ1v) is 8.77. The molecule has 2 N–H and O–H groups in total. The third-order valence-corrected chi connectivity index (χ3v) is 3.82. The van der Waals surface area contributed by atoms with Crippen molar-refractivity contribution in [3.63, 3.8) is 0 Å². The Hall–Kier alpha value is -4.25. The minimum absolute atomic E-state index is 0.274. The van der Waals surface area contributed by atoms with Crippen LogP contribution in [0.25, 0.3) is 0 Å². The summed E-state index contributed by atoms with van der Waals surface area (Å²) in [7, 11) is 0. The van der Waals surface area contributed by atoms with E-state index in [2.05, 4.69) is 26.7 Å². The van der Waals surface area contributed by atoms with Gasteiger partial charge in [-0.15, -0.1) is 0 Å². The van der Waals surface area contributed by atoms with Gasteiger partial charge in [0.15, 0.2) is 0 Å². The van der Waals surface area contributed by atoms with E-state index in [0.717, 1.165) is 0 Å². The molecule has 0 saturated heterocycles. The lowest BCUT2D eigenvalue weighted by atomic mass is 10.2. The maximum absolute atomic E-state index is 12.3. The number of nitrogens with zero attached hydrogens (tertiary/aromatic N) is 3. The zero-order chi connectivity index (χ0) is 20.6. The van der Waals surface area contributed by atoms with Gasteiger partial charge in [0.2, 0.25) is 5.95 Å². The van der Waals surface area contributed by atoms with Crippen molar-refractivity contribution in [3.05, 3.63) is 77.6 Å². The van der Waals surface area contributed by atoms with Crippen LogP contribution in [0.5, 0.6) is 0 Å². The van der Waals surface area contributed by atoms with E-state index >= 15 is 0 Å². The normalized spacial score (nSPS) is 9.93. The van der Waals surface area contributed by atoms with Crippen LogP contribution in [0.4, 0.5) is 17.3 Å². The quantitative estimate of drug-likeness (QED) is 0.621. The molecule has 8 heteroatoms. The first-order valence-electron chi connectivity index (χ1n) is 8.77. The third kappa shape index (κ3) is 5.14. The second kappa shape index (κ2) is 9.10. The first kappa shape index (κ1) is 19.5. The highest BCUT2D eigenvalue weighted by atomic mass is 16.5. The average molecular weight is 387 g/mol. The molecule has 0 aliphatic carbocycles. The summed E-state index contributed by atoms with van der Waals surface area (Å²) in [6.07, 6.45) is 2.79. The monoisotopic (exact) mass is 387 g/mol. The van der Waals surface area contributed by atoms with E-state index in [1.165, 1.54) is 12.4 Å². The van der Waals surface area contributed by atoms with Crippen molar-refractivity contribution in [1.82, 2.24) is 9.97 Å². The van der Waals surface area contributed by atoms with Crippen molar-refractivity contribution in [1.29, 1.82) is 5.26 Å². The van der Waals surface area contributed by atoms with Crippen molar-refractivity contribution < 1.29 is 14.3 Å². The van der Waals surface area contributed by atoms with Crippen molar-refractivity contribution in [2.24, 2.45) is 0 Å². The summed E-state index contributed by atoms with van der Waals surface area (Å²) in [6, 6.07) is 15.3. The molecule has 2 aromatic carbocycles. The van der Waals surface area contributed by atoms with Crippen LogP contribution in [0.1, 0.15) is 33.2 Å². The number of esters is 1. The molecule has 0 fully saturated rings. The minimum atomic E-state index is -0.415. The summed E-state index contributed by atoms with van der Waals surface area (Å²) >= 11 is 0. The standard InChI is InChI=1S/C21H17N5O3/c1-2-29-20(28)15-6-8-17(9-7-15)25-19(27)16-12-23-21(24-13-16)26-18-5-3-4-14(10-18)11-22/h3-10,12-13H,2H2,1H3,(H,25,27)(H,23,24,26). The van der Waals surface area contributed by atoms with Gasteiger partial charge < -0.3 is 15.4 Å². The molecule has 1 amide bonds. The number of nitrogens with one attached hydrogen (secondary N) is 2. The molecule has 1 heterocycles. The molecule has 29 heavy (non-hydrogen) atoms. The number of amides is 1. The molecule has 0 unspecified atom stereocenters. The second-order valence-corrected chi connectivity index (χ2v) is 5.86. The van der Waals surface area contributed by atoms with E-state index in [9.17, 15) is 9.59 Å². The summed E-state index contributed by atoms with van der Waals surface area (Å²) in [6.45, 7) is 2.03. The van der Waals surface area contributed by atoms with E-state index < -0.39 is 5.97 Å². The number of carbonyl (C=O) groups excluding carboxylic acids is 2. The van der Waals surface area contributed by atoms with Crippen LogP contribution in [0.15, 0.2) is 60.9 Å². The van der Waals surface area contributed by atoms with Gasteiger partial charge in [0.05, 0.1) is 29.4 Å². The van der Waals surface area contributed by atoms with Crippen molar-refractivity contribution in [2.45, 2.75) is 6.92 Å². The van der Waals surface area contributed by atoms with Gasteiger partial charge in [-0.05, 0) is 49.4 Å². The van der Waals surface area contributed by atoms with E-state index in [0.29, 0.717) is 35.1 Å². The van der Waals surface area contributed by atoms with Gasteiger partial charge >= 0.3 is 5.97 Å². The summed E-state index contributed by atoms with van der Waals surface area (Å²) in [5.41, 5.74) is 2.39. The van der Waals surface area contributed by atoms with Gasteiger partial charge in [0.1, 0.15) is 0 Å². The van der Waals surface area contributed by atoms with E-state index in [1.807, 2.05) is 0 Å². The van der Waals surface area contributed by atoms with Gasteiger partial charge in [-0.25, -0.2) is 14.8 Å². The molecule has 0 atom stereocenters. The fourth-order valence-corrected chi connectivity index (χ4v) is 2.41. The molecule has 144 valence electrons. The predicted octanol–water partition coefficient (Wildman–Crippen LogP) is 3.52. The van der Waals surface area contributed by atoms with Crippen LogP contribution in [-0.2, 0) is 4.74 Å². The molecule has 0 bridgehead atoms. The maximum atomic E-state index is 12.3. The number of ether oxygens (including phenoxy) is 1. The third-order valence-electron chi connectivity index (χ3n) is 3.82. The molecule has 3 aromatic rings. The topological polar surface area (TPSA) is 117 Å². The highest BCUT2D eigenvalue weighted by Crippen LogP contribution is 2.15. The lowest BCUT2D eigenvalue weighted by Crippen LogP contribution is -2.13. The number of aromatic nitrogens is 2. The Morgan fingerprint density at radius 3 is 2.41 bits per heavy atom. The van der Waals surface area contributed by atoms with Crippen LogP contribution in [0.3, 0.4) is 0 Å². The van der Waals surface area contributed by atoms with Gasteiger partial charge in [-0.2, -0.15) is 5.26 Å². The van der Waals surface area contributed by atoms with Crippen LogP contribution < -0.4 is 10.6 Å². The van der Waals surface area contributed by atoms with Gasteiger partial charge in [-0.3, -0.25) is 4.79 Å². The zero-order valence-electron chi connectivity index (χ0n) is 15.5. The SMILES string of the molecule is CCOC(=O)c1ccc(NC(=O)c2cnc(Nc3cccc(C#N)c3)nc2)cc1. The van der Waals surface area contributed by atoms with Crippen LogP contribution in [0, 0.1) is 11.3 Å². The zero-order valence-corrected chi connectivity index (χ0v) is 15.5. The Morgan fingerprint density at radius 1 is 1.03 bits per heavy atom. The Balaban J connectivity index is 1.63. The molecular formula is C21H17N5O3. The average Bonchev–Trinajstić information content (AvgIpc) is 2.75. The summed E-state index contributed by atoms with van der Waals surface area (Å²) in [5, 5.41) is 14.6. The molecule has 0 aliphatic heterocycles. The van der Waals surface area contributed by atoms with Crippen molar-refractivity contribution in [3.8, 4) is 6.07 Å². The highest BCUT2D eigenvalue weighted by Gasteiger charge is 2.10. The molecule has 1 aromatic heterocycles. The Labute approximate surface area is 167 Å². The van der Waals surface area contributed by atoms with Gasteiger partial charge in [0.25, 0.3) is 5.91 Å². The predicted molar refractivity (Wildman–Crippen MR) is 107 cm³/mol. The van der Waals surface area contributed by atoms with Crippen LogP contribution in [0.2, 0.25) is 0 Å². The van der Waals surface area contributed by atoms with Crippen molar-refractivity contribution >= 4 is 29.2 Å². The fourth-order valence-electron chi connectivity index (χ4n) is 2.41. The largest absolute Gasteiger partial charge is 0.462 e. The van der Waals surface area contributed by atoms with Crippen molar-refractivity contribution in [2.75, 3.05) is 17.2 Å². The number of hydrogen-bond acceptors (Lipinski definition) is 7. The van der Waals surface area contributed by atoms with Crippen LogP contribution in [-0.4, -0.2) is 28.5 Å². The number of carbonyl (C=O) groups is 2. The number of rotatable bonds is 6. The summed E-state index contributed by atoms with van der Waals surface area (Å²) < 4.78 is 4.92. The van der Waals surface area contributed by atoms with E-state index in [-0.39, 0.29) is 11.5 Å². The molecule has 3 rings (SSSR count). The lowest BCUT2D eigenvalue weighted by molar-refractivity contribution is 0.0526. The number of anilines is 3. The van der Waals surface area contributed by atoms with Crippen LogP contribution >= 0.6 is 0 Å². The Kier molecular flexibility index (Phi) is 6.12. The molecule has 0 aliphatic rings. The van der Waals surface area contributed by atoms with E-state index in [1.54, 1.807) is 55.5 Å². The molecule has 0 spiro atoms. The fraction of sp³-hybridized carbons (Fsp3) is 0.0952. The number of hydrogen-bond donors (Lipinski definition) is 2. The number of benzene rings is 2. The molecule has 0 radical (unpaired) electrons. The summed E-state index contributed by atoms with van der Waals surface area (Å²) in [4.78, 5) is 32.2.